The Morgan fingerprint density at radius 2 is 2.14 bits per heavy atom. The van der Waals surface area contributed by atoms with E-state index in [9.17, 15) is 5.11 Å². The van der Waals surface area contributed by atoms with E-state index in [2.05, 4.69) is 24.2 Å². The van der Waals surface area contributed by atoms with Crippen molar-refractivity contribution in [3.63, 3.8) is 0 Å². The van der Waals surface area contributed by atoms with Crippen LogP contribution in [0.2, 0.25) is 0 Å². The Morgan fingerprint density at radius 1 is 1.38 bits per heavy atom. The SMILES string of the molecule is CC1CC(NCC(O)COCc2ccccc2)CCN1C. The molecule has 1 aliphatic rings. The number of hydrogen-bond acceptors (Lipinski definition) is 4. The van der Waals surface area contributed by atoms with Crippen molar-refractivity contribution in [3.8, 4) is 0 Å². The number of ether oxygens (including phenoxy) is 1. The molecule has 4 heteroatoms. The molecule has 2 rings (SSSR count). The Balaban J connectivity index is 1.58. The fraction of sp³-hybridized carbons (Fsp3) is 0.647. The topological polar surface area (TPSA) is 44.7 Å². The Kier molecular flexibility index (Phi) is 6.64. The molecule has 1 heterocycles. The summed E-state index contributed by atoms with van der Waals surface area (Å²) < 4.78 is 5.56. The standard InChI is InChI=1S/C17H28N2O2/c1-14-10-16(8-9-19(14)2)18-11-17(20)13-21-12-15-6-4-3-5-7-15/h3-7,14,16-18,20H,8-13H2,1-2H3. The van der Waals surface area contributed by atoms with Crippen LogP contribution in [0.1, 0.15) is 25.3 Å². The molecule has 2 N–H and O–H groups in total. The molecule has 1 aliphatic heterocycles. The highest BCUT2D eigenvalue weighted by atomic mass is 16.5. The molecule has 4 nitrogen and oxygen atoms in total. The first kappa shape index (κ1) is 16.4. The predicted molar refractivity (Wildman–Crippen MR) is 85.2 cm³/mol. The summed E-state index contributed by atoms with van der Waals surface area (Å²) in [6.07, 6.45) is 1.86. The first-order valence-corrected chi connectivity index (χ1v) is 7.88. The molecule has 118 valence electrons. The van der Waals surface area contributed by atoms with Crippen LogP contribution in [0.25, 0.3) is 0 Å². The van der Waals surface area contributed by atoms with Crippen molar-refractivity contribution in [3.05, 3.63) is 35.9 Å². The number of likely N-dealkylation sites (tertiary alicyclic amines) is 1. The lowest BCUT2D eigenvalue weighted by Gasteiger charge is -2.35. The summed E-state index contributed by atoms with van der Waals surface area (Å²) >= 11 is 0. The minimum absolute atomic E-state index is 0.379. The maximum atomic E-state index is 9.98. The van der Waals surface area contributed by atoms with Crippen molar-refractivity contribution in [2.24, 2.45) is 0 Å². The largest absolute Gasteiger partial charge is 0.389 e. The monoisotopic (exact) mass is 292 g/mol. The Bertz CT molecular complexity index is 399. The summed E-state index contributed by atoms with van der Waals surface area (Å²) in [6.45, 7) is 4.93. The molecule has 3 atom stereocenters. The summed E-state index contributed by atoms with van der Waals surface area (Å²) in [7, 11) is 2.17. The Hall–Kier alpha value is -0.940. The number of aliphatic hydroxyl groups excluding tert-OH is 1. The molecule has 1 saturated heterocycles. The number of piperidine rings is 1. The van der Waals surface area contributed by atoms with Crippen molar-refractivity contribution >= 4 is 0 Å². The molecule has 0 radical (unpaired) electrons. The molecule has 0 saturated carbocycles. The Labute approximate surface area is 128 Å². The van der Waals surface area contributed by atoms with Crippen LogP contribution in [-0.2, 0) is 11.3 Å². The predicted octanol–water partition coefficient (Wildman–Crippen LogP) is 1.64. The van der Waals surface area contributed by atoms with Gasteiger partial charge < -0.3 is 20.1 Å². The summed E-state index contributed by atoms with van der Waals surface area (Å²) in [4.78, 5) is 2.39. The van der Waals surface area contributed by atoms with E-state index in [-0.39, 0.29) is 0 Å². The highest BCUT2D eigenvalue weighted by Gasteiger charge is 2.22. The van der Waals surface area contributed by atoms with Gasteiger partial charge in [-0.1, -0.05) is 30.3 Å². The average Bonchev–Trinajstić information content (AvgIpc) is 2.49. The lowest BCUT2D eigenvalue weighted by Crippen LogP contribution is -2.47. The maximum absolute atomic E-state index is 9.98. The van der Waals surface area contributed by atoms with Crippen LogP contribution < -0.4 is 5.32 Å². The normalized spacial score (nSPS) is 24.9. The first-order chi connectivity index (χ1) is 10.1. The number of aliphatic hydroxyl groups is 1. The van der Waals surface area contributed by atoms with E-state index in [0.29, 0.717) is 31.8 Å². The Morgan fingerprint density at radius 3 is 2.86 bits per heavy atom. The van der Waals surface area contributed by atoms with Crippen molar-refractivity contribution in [2.75, 3.05) is 26.7 Å². The molecule has 1 aromatic carbocycles. The zero-order valence-corrected chi connectivity index (χ0v) is 13.2. The second kappa shape index (κ2) is 8.49. The van der Waals surface area contributed by atoms with E-state index in [1.54, 1.807) is 0 Å². The van der Waals surface area contributed by atoms with Gasteiger partial charge in [0, 0.05) is 18.6 Å². The minimum atomic E-state index is -0.441. The molecule has 21 heavy (non-hydrogen) atoms. The molecule has 1 aromatic rings. The first-order valence-electron chi connectivity index (χ1n) is 7.88. The van der Waals surface area contributed by atoms with Crippen molar-refractivity contribution in [1.82, 2.24) is 10.2 Å². The molecule has 0 amide bonds. The van der Waals surface area contributed by atoms with Gasteiger partial charge in [-0.05, 0) is 38.9 Å². The van der Waals surface area contributed by atoms with Crippen LogP contribution in [0.5, 0.6) is 0 Å². The van der Waals surface area contributed by atoms with Gasteiger partial charge in [0.15, 0.2) is 0 Å². The van der Waals surface area contributed by atoms with Gasteiger partial charge in [-0.15, -0.1) is 0 Å². The fourth-order valence-corrected chi connectivity index (χ4v) is 2.72. The lowest BCUT2D eigenvalue weighted by molar-refractivity contribution is 0.0258. The van der Waals surface area contributed by atoms with Gasteiger partial charge in [-0.3, -0.25) is 0 Å². The maximum Gasteiger partial charge on any atom is 0.0897 e. The van der Waals surface area contributed by atoms with Gasteiger partial charge in [0.25, 0.3) is 0 Å². The summed E-state index contributed by atoms with van der Waals surface area (Å²) in [5.41, 5.74) is 1.14. The van der Waals surface area contributed by atoms with Crippen LogP contribution in [0.3, 0.4) is 0 Å². The van der Waals surface area contributed by atoms with E-state index in [0.717, 1.165) is 24.9 Å². The molecule has 0 spiro atoms. The number of hydrogen-bond donors (Lipinski definition) is 2. The second-order valence-corrected chi connectivity index (χ2v) is 6.11. The zero-order valence-electron chi connectivity index (χ0n) is 13.2. The van der Waals surface area contributed by atoms with Gasteiger partial charge in [0.1, 0.15) is 0 Å². The third kappa shape index (κ3) is 5.75. The quantitative estimate of drug-likeness (QED) is 0.802. The van der Waals surface area contributed by atoms with Crippen LogP contribution >= 0.6 is 0 Å². The van der Waals surface area contributed by atoms with Gasteiger partial charge in [-0.2, -0.15) is 0 Å². The molecule has 0 bridgehead atoms. The third-order valence-electron chi connectivity index (χ3n) is 4.27. The van der Waals surface area contributed by atoms with Crippen LogP contribution in [-0.4, -0.2) is 54.9 Å². The number of benzene rings is 1. The summed E-state index contributed by atoms with van der Waals surface area (Å²) in [5.74, 6) is 0. The van der Waals surface area contributed by atoms with Crippen LogP contribution in [0.4, 0.5) is 0 Å². The fourth-order valence-electron chi connectivity index (χ4n) is 2.72. The third-order valence-corrected chi connectivity index (χ3v) is 4.27. The van der Waals surface area contributed by atoms with E-state index in [1.807, 2.05) is 30.3 Å². The highest BCUT2D eigenvalue weighted by molar-refractivity contribution is 5.13. The van der Waals surface area contributed by atoms with Gasteiger partial charge in [-0.25, -0.2) is 0 Å². The smallest absolute Gasteiger partial charge is 0.0897 e. The molecule has 0 aliphatic carbocycles. The van der Waals surface area contributed by atoms with Gasteiger partial charge in [0.2, 0.25) is 0 Å². The number of nitrogens with one attached hydrogen (secondary N) is 1. The van der Waals surface area contributed by atoms with Crippen molar-refractivity contribution in [1.29, 1.82) is 0 Å². The average molecular weight is 292 g/mol. The highest BCUT2D eigenvalue weighted by Crippen LogP contribution is 2.15. The van der Waals surface area contributed by atoms with Gasteiger partial charge >= 0.3 is 0 Å². The molecular formula is C17H28N2O2. The molecule has 3 unspecified atom stereocenters. The van der Waals surface area contributed by atoms with Crippen LogP contribution in [0, 0.1) is 0 Å². The second-order valence-electron chi connectivity index (χ2n) is 6.11. The molecular weight excluding hydrogens is 264 g/mol. The number of rotatable bonds is 7. The summed E-state index contributed by atoms with van der Waals surface area (Å²) in [5, 5.41) is 13.4. The van der Waals surface area contributed by atoms with E-state index in [4.69, 9.17) is 4.74 Å². The van der Waals surface area contributed by atoms with Crippen molar-refractivity contribution in [2.45, 2.75) is 44.6 Å². The van der Waals surface area contributed by atoms with Crippen LogP contribution in [0.15, 0.2) is 30.3 Å². The molecule has 0 aromatic heterocycles. The summed E-state index contributed by atoms with van der Waals surface area (Å²) in [6, 6.07) is 11.2. The van der Waals surface area contributed by atoms with E-state index >= 15 is 0 Å². The zero-order chi connectivity index (χ0) is 15.1. The van der Waals surface area contributed by atoms with Crippen molar-refractivity contribution < 1.29 is 9.84 Å². The lowest BCUT2D eigenvalue weighted by atomic mass is 9.99. The minimum Gasteiger partial charge on any atom is -0.389 e. The van der Waals surface area contributed by atoms with E-state index < -0.39 is 6.10 Å². The van der Waals surface area contributed by atoms with E-state index in [1.165, 1.54) is 0 Å². The number of nitrogens with zero attached hydrogens (tertiary/aromatic N) is 1. The molecule has 1 fully saturated rings. The van der Waals surface area contributed by atoms with Gasteiger partial charge in [0.05, 0.1) is 19.3 Å².